The molecular weight excluding hydrogens is 287 g/mol. The van der Waals surface area contributed by atoms with Crippen LogP contribution in [0, 0.1) is 0 Å². The summed E-state index contributed by atoms with van der Waals surface area (Å²) in [5.74, 6) is -2.19. The molecular formula is C17H25FO4. The van der Waals surface area contributed by atoms with Gasteiger partial charge in [-0.05, 0) is 30.9 Å². The molecule has 0 spiro atoms. The van der Waals surface area contributed by atoms with Crippen LogP contribution in [0.4, 0.5) is 4.39 Å². The molecule has 0 heterocycles. The monoisotopic (exact) mass is 312 g/mol. The van der Waals surface area contributed by atoms with Crippen LogP contribution in [0.25, 0.3) is 0 Å². The molecule has 4 nitrogen and oxygen atoms in total. The number of benzene rings is 1. The van der Waals surface area contributed by atoms with Gasteiger partial charge in [0.25, 0.3) is 0 Å². The Morgan fingerprint density at radius 3 is 2.00 bits per heavy atom. The maximum atomic E-state index is 11.9. The fourth-order valence-corrected chi connectivity index (χ4v) is 2.54. The SMILES string of the molecule is O=C(O)c1c(CCCCCCCCCCF)ccc(O)c1O. The van der Waals surface area contributed by atoms with Crippen molar-refractivity contribution in [2.24, 2.45) is 0 Å². The Hall–Kier alpha value is -1.78. The molecule has 1 rings (SSSR count). The van der Waals surface area contributed by atoms with E-state index >= 15 is 0 Å². The number of carboxylic acid groups (broad SMARTS) is 1. The van der Waals surface area contributed by atoms with Crippen LogP contribution in [-0.2, 0) is 6.42 Å². The molecule has 0 aromatic heterocycles. The van der Waals surface area contributed by atoms with Gasteiger partial charge < -0.3 is 15.3 Å². The molecule has 0 saturated heterocycles. The van der Waals surface area contributed by atoms with Crippen LogP contribution in [0.2, 0.25) is 0 Å². The highest BCUT2D eigenvalue weighted by atomic mass is 19.1. The molecule has 0 amide bonds. The van der Waals surface area contributed by atoms with Gasteiger partial charge in [-0.15, -0.1) is 0 Å². The van der Waals surface area contributed by atoms with E-state index in [1.54, 1.807) is 6.07 Å². The Morgan fingerprint density at radius 2 is 1.45 bits per heavy atom. The first-order valence-corrected chi connectivity index (χ1v) is 7.91. The molecule has 0 bridgehead atoms. The van der Waals surface area contributed by atoms with Crippen LogP contribution >= 0.6 is 0 Å². The third kappa shape index (κ3) is 5.92. The molecule has 1 aromatic carbocycles. The summed E-state index contributed by atoms with van der Waals surface area (Å²) in [6.07, 6.45) is 8.37. The number of hydrogen-bond donors (Lipinski definition) is 3. The highest BCUT2D eigenvalue weighted by Gasteiger charge is 2.18. The van der Waals surface area contributed by atoms with E-state index in [4.69, 9.17) is 5.11 Å². The Labute approximate surface area is 130 Å². The fourth-order valence-electron chi connectivity index (χ4n) is 2.54. The van der Waals surface area contributed by atoms with Crippen LogP contribution in [-0.4, -0.2) is 28.0 Å². The van der Waals surface area contributed by atoms with Crippen molar-refractivity contribution >= 4 is 5.97 Å². The number of phenols is 2. The third-order valence-corrected chi connectivity index (χ3v) is 3.79. The molecule has 0 aliphatic heterocycles. The predicted octanol–water partition coefficient (Wildman–Crippen LogP) is 4.43. The molecule has 22 heavy (non-hydrogen) atoms. The zero-order valence-electron chi connectivity index (χ0n) is 12.9. The van der Waals surface area contributed by atoms with Gasteiger partial charge in [0.2, 0.25) is 0 Å². The van der Waals surface area contributed by atoms with Crippen LogP contribution in [0.15, 0.2) is 12.1 Å². The van der Waals surface area contributed by atoms with Crippen LogP contribution in [0.3, 0.4) is 0 Å². The summed E-state index contributed by atoms with van der Waals surface area (Å²) in [6.45, 7) is -0.231. The third-order valence-electron chi connectivity index (χ3n) is 3.79. The second-order valence-corrected chi connectivity index (χ2v) is 5.54. The van der Waals surface area contributed by atoms with Gasteiger partial charge in [-0.25, -0.2) is 4.79 Å². The van der Waals surface area contributed by atoms with E-state index in [2.05, 4.69) is 0 Å². The first-order valence-electron chi connectivity index (χ1n) is 7.91. The average Bonchev–Trinajstić information content (AvgIpc) is 2.48. The first kappa shape index (κ1) is 18.3. The van der Waals surface area contributed by atoms with Crippen molar-refractivity contribution in [2.75, 3.05) is 6.67 Å². The summed E-state index contributed by atoms with van der Waals surface area (Å²) < 4.78 is 11.9. The lowest BCUT2D eigenvalue weighted by atomic mass is 9.99. The second-order valence-electron chi connectivity index (χ2n) is 5.54. The molecule has 0 aliphatic rings. The molecule has 0 aliphatic carbocycles. The zero-order chi connectivity index (χ0) is 16.4. The van der Waals surface area contributed by atoms with Gasteiger partial charge in [-0.2, -0.15) is 0 Å². The average molecular weight is 312 g/mol. The largest absolute Gasteiger partial charge is 0.504 e. The van der Waals surface area contributed by atoms with E-state index in [1.807, 2.05) is 0 Å². The smallest absolute Gasteiger partial charge is 0.339 e. The summed E-state index contributed by atoms with van der Waals surface area (Å²) in [5, 5.41) is 28.1. The molecule has 5 heteroatoms. The van der Waals surface area contributed by atoms with Gasteiger partial charge in [0.05, 0.1) is 6.67 Å². The minimum absolute atomic E-state index is 0.203. The van der Waals surface area contributed by atoms with Crippen molar-refractivity contribution in [1.82, 2.24) is 0 Å². The summed E-state index contributed by atoms with van der Waals surface area (Å²) in [4.78, 5) is 11.2. The van der Waals surface area contributed by atoms with Crippen molar-refractivity contribution in [3.8, 4) is 11.5 Å². The number of halogens is 1. The molecule has 0 atom stereocenters. The number of carbonyl (C=O) groups is 1. The van der Waals surface area contributed by atoms with Gasteiger partial charge in [0, 0.05) is 0 Å². The molecule has 0 unspecified atom stereocenters. The Morgan fingerprint density at radius 1 is 0.909 bits per heavy atom. The van der Waals surface area contributed by atoms with E-state index in [9.17, 15) is 19.4 Å². The molecule has 3 N–H and O–H groups in total. The highest BCUT2D eigenvalue weighted by Crippen LogP contribution is 2.32. The van der Waals surface area contributed by atoms with Crippen LogP contribution in [0.1, 0.15) is 67.3 Å². The molecule has 0 radical (unpaired) electrons. The Kier molecular flexibility index (Phi) is 8.33. The maximum Gasteiger partial charge on any atom is 0.339 e. The molecule has 0 fully saturated rings. The topological polar surface area (TPSA) is 77.8 Å². The van der Waals surface area contributed by atoms with E-state index in [0.717, 1.165) is 44.9 Å². The number of aromatic carboxylic acids is 1. The van der Waals surface area contributed by atoms with Gasteiger partial charge in [-0.3, -0.25) is 4.39 Å². The normalized spacial score (nSPS) is 10.8. The van der Waals surface area contributed by atoms with E-state index < -0.39 is 17.5 Å². The van der Waals surface area contributed by atoms with E-state index in [0.29, 0.717) is 18.4 Å². The summed E-state index contributed by atoms with van der Waals surface area (Å²) in [7, 11) is 0. The van der Waals surface area contributed by atoms with Crippen molar-refractivity contribution < 1.29 is 24.5 Å². The number of rotatable bonds is 11. The highest BCUT2D eigenvalue weighted by molar-refractivity contribution is 5.93. The number of unbranched alkanes of at least 4 members (excludes halogenated alkanes) is 7. The number of phenolic OH excluding ortho intramolecular Hbond substituents is 1. The number of carboxylic acids is 1. The number of hydrogen-bond acceptors (Lipinski definition) is 3. The minimum Gasteiger partial charge on any atom is -0.504 e. The van der Waals surface area contributed by atoms with Crippen LogP contribution in [0.5, 0.6) is 11.5 Å². The molecule has 124 valence electrons. The Balaban J connectivity index is 2.31. The van der Waals surface area contributed by atoms with Crippen molar-refractivity contribution in [3.63, 3.8) is 0 Å². The fraction of sp³-hybridized carbons (Fsp3) is 0.588. The van der Waals surface area contributed by atoms with Crippen molar-refractivity contribution in [2.45, 2.75) is 57.8 Å². The minimum atomic E-state index is -1.23. The summed E-state index contributed by atoms with van der Waals surface area (Å²) in [5.41, 5.74) is 0.344. The summed E-state index contributed by atoms with van der Waals surface area (Å²) >= 11 is 0. The lowest BCUT2D eigenvalue weighted by Gasteiger charge is -2.09. The standard InChI is InChI=1S/C17H25FO4/c18-12-8-6-4-2-1-3-5-7-9-13-10-11-14(19)16(20)15(13)17(21)22/h10-11,19-20H,1-9,12H2,(H,21,22). The van der Waals surface area contributed by atoms with Crippen molar-refractivity contribution in [3.05, 3.63) is 23.3 Å². The number of aromatic hydroxyl groups is 2. The summed E-state index contributed by atoms with van der Waals surface area (Å²) in [6, 6.07) is 2.87. The van der Waals surface area contributed by atoms with Gasteiger partial charge in [0.15, 0.2) is 11.5 Å². The van der Waals surface area contributed by atoms with Gasteiger partial charge >= 0.3 is 5.97 Å². The second kappa shape index (κ2) is 10.0. The van der Waals surface area contributed by atoms with Crippen molar-refractivity contribution in [1.29, 1.82) is 0 Å². The predicted molar refractivity (Wildman–Crippen MR) is 83.3 cm³/mol. The van der Waals surface area contributed by atoms with Crippen LogP contribution < -0.4 is 0 Å². The van der Waals surface area contributed by atoms with Gasteiger partial charge in [-0.1, -0.05) is 44.6 Å². The Bertz CT molecular complexity index is 474. The van der Waals surface area contributed by atoms with E-state index in [1.165, 1.54) is 6.07 Å². The molecule has 1 aromatic rings. The maximum absolute atomic E-state index is 11.9. The molecule has 0 saturated carbocycles. The quantitative estimate of drug-likeness (QED) is 0.417. The zero-order valence-corrected chi connectivity index (χ0v) is 12.9. The lowest BCUT2D eigenvalue weighted by molar-refractivity contribution is 0.0691. The number of aryl methyl sites for hydroxylation is 1. The first-order chi connectivity index (χ1) is 10.6. The van der Waals surface area contributed by atoms with E-state index in [-0.39, 0.29) is 12.2 Å². The lowest BCUT2D eigenvalue weighted by Crippen LogP contribution is -2.03. The number of alkyl halides is 1. The van der Waals surface area contributed by atoms with Gasteiger partial charge in [0.1, 0.15) is 5.56 Å².